The first-order valence-corrected chi connectivity index (χ1v) is 8.88. The first-order valence-electron chi connectivity index (χ1n) is 8.01. The molecular weight excluding hydrogens is 321 g/mol. The molecule has 0 saturated carbocycles. The van der Waals surface area contributed by atoms with Gasteiger partial charge >= 0.3 is 0 Å². The lowest BCUT2D eigenvalue weighted by atomic mass is 10.1. The van der Waals surface area contributed by atoms with Gasteiger partial charge in [0.25, 0.3) is 0 Å². The van der Waals surface area contributed by atoms with Crippen LogP contribution >= 0.6 is 11.8 Å². The molecule has 3 nitrogen and oxygen atoms in total. The number of benzene rings is 2. The molecule has 0 aliphatic rings. The lowest BCUT2D eigenvalue weighted by Gasteiger charge is -2.12. The molecule has 0 spiro atoms. The molecule has 124 valence electrons. The summed E-state index contributed by atoms with van der Waals surface area (Å²) in [5.41, 5.74) is 3.35. The second-order valence-electron chi connectivity index (χ2n) is 5.73. The zero-order chi connectivity index (χ0) is 17.1. The number of nitrogens with zero attached hydrogens (tertiary/aromatic N) is 3. The molecule has 0 aliphatic heterocycles. The van der Waals surface area contributed by atoms with E-state index in [2.05, 4.69) is 53.7 Å². The van der Waals surface area contributed by atoms with Gasteiger partial charge in [0.15, 0.2) is 11.0 Å². The van der Waals surface area contributed by atoms with Gasteiger partial charge in [0.2, 0.25) is 0 Å². The Kier molecular flexibility index (Phi) is 5.00. The summed E-state index contributed by atoms with van der Waals surface area (Å²) in [4.78, 5) is 0. The molecule has 1 unspecified atom stereocenters. The molecule has 1 atom stereocenters. The Hall–Kier alpha value is -2.14. The molecule has 0 amide bonds. The van der Waals surface area contributed by atoms with Crippen LogP contribution in [0.4, 0.5) is 4.39 Å². The van der Waals surface area contributed by atoms with Gasteiger partial charge in [-0.1, -0.05) is 47.7 Å². The fourth-order valence-corrected chi connectivity index (χ4v) is 3.66. The van der Waals surface area contributed by atoms with Gasteiger partial charge in [-0.05, 0) is 44.5 Å². The minimum atomic E-state index is -0.214. The number of rotatable bonds is 5. The normalized spacial score (nSPS) is 12.3. The highest BCUT2D eigenvalue weighted by Crippen LogP contribution is 2.35. The fraction of sp³-hybridized carbons (Fsp3) is 0.263. The van der Waals surface area contributed by atoms with Crippen molar-refractivity contribution in [3.05, 3.63) is 65.5 Å². The van der Waals surface area contributed by atoms with Crippen molar-refractivity contribution in [3.63, 3.8) is 0 Å². The highest BCUT2D eigenvalue weighted by Gasteiger charge is 2.17. The lowest BCUT2D eigenvalue weighted by Crippen LogP contribution is -2.01. The molecule has 1 heterocycles. The van der Waals surface area contributed by atoms with Crippen molar-refractivity contribution in [3.8, 4) is 11.4 Å². The maximum atomic E-state index is 13.1. The minimum absolute atomic E-state index is 0.172. The highest BCUT2D eigenvalue weighted by atomic mass is 32.2. The standard InChI is InChI=1S/C19H20FN3S/c1-4-23-18(16-7-5-6-13(2)12-16)21-22-19(23)24-14(3)15-8-10-17(20)11-9-15/h5-12,14H,4H2,1-3H3. The SMILES string of the molecule is CCn1c(SC(C)c2ccc(F)cc2)nnc1-c1cccc(C)c1. The van der Waals surface area contributed by atoms with Gasteiger partial charge in [-0.3, -0.25) is 0 Å². The molecule has 3 aromatic rings. The van der Waals surface area contributed by atoms with Crippen molar-refractivity contribution in [2.75, 3.05) is 0 Å². The van der Waals surface area contributed by atoms with Crippen LogP contribution in [0.2, 0.25) is 0 Å². The Morgan fingerprint density at radius 2 is 1.88 bits per heavy atom. The highest BCUT2D eigenvalue weighted by molar-refractivity contribution is 7.99. The molecule has 0 bridgehead atoms. The molecule has 0 fully saturated rings. The second kappa shape index (κ2) is 7.18. The van der Waals surface area contributed by atoms with Gasteiger partial charge in [0, 0.05) is 17.4 Å². The van der Waals surface area contributed by atoms with E-state index in [1.165, 1.54) is 17.7 Å². The first-order chi connectivity index (χ1) is 11.6. The predicted molar refractivity (Wildman–Crippen MR) is 96.5 cm³/mol. The molecule has 0 saturated heterocycles. The van der Waals surface area contributed by atoms with Gasteiger partial charge in [0.05, 0.1) is 0 Å². The Labute approximate surface area is 145 Å². The molecule has 24 heavy (non-hydrogen) atoms. The quantitative estimate of drug-likeness (QED) is 0.593. The van der Waals surface area contributed by atoms with Crippen LogP contribution in [0.15, 0.2) is 53.7 Å². The van der Waals surface area contributed by atoms with Crippen LogP contribution in [0.3, 0.4) is 0 Å². The predicted octanol–water partition coefficient (Wildman–Crippen LogP) is 5.27. The van der Waals surface area contributed by atoms with E-state index in [0.29, 0.717) is 0 Å². The summed E-state index contributed by atoms with van der Waals surface area (Å²) in [7, 11) is 0. The fourth-order valence-electron chi connectivity index (χ4n) is 2.62. The second-order valence-corrected chi connectivity index (χ2v) is 7.04. The van der Waals surface area contributed by atoms with E-state index < -0.39 is 0 Å². The zero-order valence-corrected chi connectivity index (χ0v) is 14.8. The molecule has 5 heteroatoms. The minimum Gasteiger partial charge on any atom is -0.302 e. The van der Waals surface area contributed by atoms with Crippen molar-refractivity contribution in [2.24, 2.45) is 0 Å². The maximum Gasteiger partial charge on any atom is 0.192 e. The average molecular weight is 341 g/mol. The summed E-state index contributed by atoms with van der Waals surface area (Å²) in [6.07, 6.45) is 0. The van der Waals surface area contributed by atoms with Crippen molar-refractivity contribution in [1.29, 1.82) is 0 Å². The zero-order valence-electron chi connectivity index (χ0n) is 14.0. The van der Waals surface area contributed by atoms with E-state index in [1.807, 2.05) is 18.2 Å². The first kappa shape index (κ1) is 16.7. The van der Waals surface area contributed by atoms with Crippen LogP contribution < -0.4 is 0 Å². The molecule has 0 radical (unpaired) electrons. The van der Waals surface area contributed by atoms with Crippen LogP contribution in [0.5, 0.6) is 0 Å². The summed E-state index contributed by atoms with van der Waals surface area (Å²) in [6, 6.07) is 14.9. The van der Waals surface area contributed by atoms with Crippen LogP contribution in [0, 0.1) is 12.7 Å². The Morgan fingerprint density at radius 1 is 1.12 bits per heavy atom. The lowest BCUT2D eigenvalue weighted by molar-refractivity contribution is 0.627. The van der Waals surface area contributed by atoms with Crippen LogP contribution in [0.1, 0.15) is 30.2 Å². The van der Waals surface area contributed by atoms with Crippen molar-refractivity contribution in [1.82, 2.24) is 14.8 Å². The number of aromatic nitrogens is 3. The average Bonchev–Trinajstić information content (AvgIpc) is 2.98. The third-order valence-corrected chi connectivity index (χ3v) is 5.07. The van der Waals surface area contributed by atoms with Crippen LogP contribution in [-0.4, -0.2) is 14.8 Å². The van der Waals surface area contributed by atoms with Crippen molar-refractivity contribution < 1.29 is 4.39 Å². The van der Waals surface area contributed by atoms with Gasteiger partial charge in [0.1, 0.15) is 5.82 Å². The molecule has 3 rings (SSSR count). The van der Waals surface area contributed by atoms with Gasteiger partial charge in [-0.25, -0.2) is 4.39 Å². The van der Waals surface area contributed by atoms with E-state index in [9.17, 15) is 4.39 Å². The monoisotopic (exact) mass is 341 g/mol. The summed E-state index contributed by atoms with van der Waals surface area (Å²) in [5.74, 6) is 0.671. The van der Waals surface area contributed by atoms with E-state index in [0.717, 1.165) is 28.7 Å². The molecule has 2 aromatic carbocycles. The van der Waals surface area contributed by atoms with Crippen molar-refractivity contribution >= 4 is 11.8 Å². The number of hydrogen-bond donors (Lipinski definition) is 0. The number of thioether (sulfide) groups is 1. The largest absolute Gasteiger partial charge is 0.302 e. The Balaban J connectivity index is 1.88. The topological polar surface area (TPSA) is 30.7 Å². The van der Waals surface area contributed by atoms with Crippen molar-refractivity contribution in [2.45, 2.75) is 37.7 Å². The van der Waals surface area contributed by atoms with E-state index in [1.54, 1.807) is 11.8 Å². The third kappa shape index (κ3) is 3.51. The summed E-state index contributed by atoms with van der Waals surface area (Å²) >= 11 is 1.64. The molecule has 1 aromatic heterocycles. The Morgan fingerprint density at radius 3 is 2.54 bits per heavy atom. The third-order valence-electron chi connectivity index (χ3n) is 3.93. The summed E-state index contributed by atoms with van der Waals surface area (Å²) in [6.45, 7) is 7.06. The number of hydrogen-bond acceptors (Lipinski definition) is 3. The van der Waals surface area contributed by atoms with Gasteiger partial charge in [-0.15, -0.1) is 10.2 Å². The van der Waals surface area contributed by atoms with E-state index in [-0.39, 0.29) is 11.1 Å². The van der Waals surface area contributed by atoms with Gasteiger partial charge < -0.3 is 4.57 Å². The van der Waals surface area contributed by atoms with Crippen LogP contribution in [0.25, 0.3) is 11.4 Å². The molecule has 0 N–H and O–H groups in total. The summed E-state index contributed by atoms with van der Waals surface area (Å²) in [5, 5.41) is 9.82. The smallest absolute Gasteiger partial charge is 0.192 e. The molecular formula is C19H20FN3S. The number of aryl methyl sites for hydroxylation is 1. The van der Waals surface area contributed by atoms with E-state index in [4.69, 9.17) is 0 Å². The summed E-state index contributed by atoms with van der Waals surface area (Å²) < 4.78 is 15.2. The maximum absolute atomic E-state index is 13.1. The Bertz CT molecular complexity index is 827. The number of halogens is 1. The van der Waals surface area contributed by atoms with Crippen LogP contribution in [-0.2, 0) is 6.54 Å². The molecule has 0 aliphatic carbocycles. The van der Waals surface area contributed by atoms with E-state index >= 15 is 0 Å². The van der Waals surface area contributed by atoms with Gasteiger partial charge in [-0.2, -0.15) is 0 Å².